The molecule has 0 fully saturated rings. The van der Waals surface area contributed by atoms with Crippen molar-refractivity contribution in [1.29, 1.82) is 0 Å². The number of halogens is 1. The maximum absolute atomic E-state index is 4.97. The van der Waals surface area contributed by atoms with Gasteiger partial charge in [-0.05, 0) is 19.1 Å². The largest absolute Gasteiger partial charge is 0.497 e. The van der Waals surface area contributed by atoms with E-state index in [1.54, 1.807) is 7.11 Å². The van der Waals surface area contributed by atoms with Crippen LogP contribution in [0.15, 0.2) is 24.3 Å². The van der Waals surface area contributed by atoms with E-state index in [0.29, 0.717) is 0 Å². The lowest BCUT2D eigenvalue weighted by molar-refractivity contribution is 0.414. The highest BCUT2D eigenvalue weighted by molar-refractivity contribution is 5.25. The average Bonchev–Trinajstić information content (AvgIpc) is 1.90. The summed E-state index contributed by atoms with van der Waals surface area (Å²) in [5.74, 6) is 0.917. The lowest BCUT2D eigenvalue weighted by Crippen LogP contribution is -1.80. The van der Waals surface area contributed by atoms with Crippen molar-refractivity contribution in [1.82, 2.24) is 0 Å². The number of aryl methyl sites for hydroxylation is 1. The molecule has 1 aromatic carbocycles. The van der Waals surface area contributed by atoms with Crippen LogP contribution in [-0.4, -0.2) is 7.11 Å². The zero-order valence-electron chi connectivity index (χ0n) is 6.13. The third-order valence-corrected chi connectivity index (χ3v) is 1.26. The van der Waals surface area contributed by atoms with Crippen LogP contribution in [0.4, 0.5) is 4.70 Å². The molecule has 0 heterocycles. The quantitative estimate of drug-likeness (QED) is 0.583. The standard InChI is InChI=1S/C8H10O.FH/c1-7-3-5-8(9-2)6-4-7;/h3-6H,1-2H3;1H. The van der Waals surface area contributed by atoms with Crippen LogP contribution >= 0.6 is 0 Å². The first kappa shape index (κ1) is 8.95. The maximum Gasteiger partial charge on any atom is 0.118 e. The molecule has 0 radical (unpaired) electrons. The van der Waals surface area contributed by atoms with Gasteiger partial charge < -0.3 is 4.74 Å². The van der Waals surface area contributed by atoms with E-state index in [9.17, 15) is 0 Å². The van der Waals surface area contributed by atoms with Crippen molar-refractivity contribution in [2.75, 3.05) is 7.11 Å². The van der Waals surface area contributed by atoms with Crippen LogP contribution in [0.5, 0.6) is 5.75 Å². The number of ether oxygens (including phenoxy) is 1. The fourth-order valence-corrected chi connectivity index (χ4v) is 0.674. The van der Waals surface area contributed by atoms with Crippen LogP contribution in [0.2, 0.25) is 0 Å². The van der Waals surface area contributed by atoms with E-state index in [0.717, 1.165) is 5.75 Å². The molecule has 1 rings (SSSR count). The lowest BCUT2D eigenvalue weighted by Gasteiger charge is -1.97. The van der Waals surface area contributed by atoms with Crippen LogP contribution in [0.1, 0.15) is 5.56 Å². The van der Waals surface area contributed by atoms with E-state index in [1.807, 2.05) is 24.3 Å². The molecule has 0 unspecified atom stereocenters. The van der Waals surface area contributed by atoms with Crippen molar-refractivity contribution in [2.24, 2.45) is 0 Å². The van der Waals surface area contributed by atoms with Crippen molar-refractivity contribution < 1.29 is 9.44 Å². The van der Waals surface area contributed by atoms with Gasteiger partial charge in [-0.3, -0.25) is 4.70 Å². The van der Waals surface area contributed by atoms with Gasteiger partial charge in [0.2, 0.25) is 0 Å². The SMILES string of the molecule is COc1ccc(C)cc1.F. The summed E-state index contributed by atoms with van der Waals surface area (Å²) in [6.07, 6.45) is 0. The Hall–Kier alpha value is -1.05. The molecule has 0 aliphatic heterocycles. The summed E-state index contributed by atoms with van der Waals surface area (Å²) in [5.41, 5.74) is 1.26. The molecule has 10 heavy (non-hydrogen) atoms. The van der Waals surface area contributed by atoms with Crippen LogP contribution in [0, 0.1) is 6.92 Å². The van der Waals surface area contributed by atoms with E-state index >= 15 is 0 Å². The van der Waals surface area contributed by atoms with Crippen molar-refractivity contribution in [3.63, 3.8) is 0 Å². The molecular formula is C8H11FO. The smallest absolute Gasteiger partial charge is 0.118 e. The molecular weight excluding hydrogens is 131 g/mol. The first-order valence-corrected chi connectivity index (χ1v) is 2.93. The van der Waals surface area contributed by atoms with Crippen LogP contribution < -0.4 is 4.74 Å². The van der Waals surface area contributed by atoms with E-state index in [-0.39, 0.29) is 4.70 Å². The number of benzene rings is 1. The minimum atomic E-state index is 0. The number of methoxy groups -OCH3 is 1. The molecule has 0 saturated heterocycles. The van der Waals surface area contributed by atoms with E-state index in [2.05, 4.69) is 6.92 Å². The Kier molecular flexibility index (Phi) is 3.47. The predicted molar refractivity (Wildman–Crippen MR) is 40.2 cm³/mol. The molecule has 0 spiro atoms. The van der Waals surface area contributed by atoms with Gasteiger partial charge in [-0.2, -0.15) is 0 Å². The van der Waals surface area contributed by atoms with Crippen molar-refractivity contribution in [2.45, 2.75) is 6.92 Å². The van der Waals surface area contributed by atoms with E-state index < -0.39 is 0 Å². The first-order valence-electron chi connectivity index (χ1n) is 2.93. The molecule has 2 heteroatoms. The van der Waals surface area contributed by atoms with Gasteiger partial charge in [-0.15, -0.1) is 0 Å². The fourth-order valence-electron chi connectivity index (χ4n) is 0.674. The topological polar surface area (TPSA) is 9.23 Å². The molecule has 1 nitrogen and oxygen atoms in total. The number of hydrogen-bond acceptors (Lipinski definition) is 1. The second-order valence-electron chi connectivity index (χ2n) is 2.02. The van der Waals surface area contributed by atoms with E-state index in [1.165, 1.54) is 5.56 Å². The van der Waals surface area contributed by atoms with Gasteiger partial charge in [0, 0.05) is 0 Å². The summed E-state index contributed by atoms with van der Waals surface area (Å²) in [7, 11) is 1.67. The highest BCUT2D eigenvalue weighted by atomic mass is 19.0. The van der Waals surface area contributed by atoms with Crippen LogP contribution in [0.25, 0.3) is 0 Å². The first-order chi connectivity index (χ1) is 4.33. The Morgan fingerprint density at radius 3 is 2.00 bits per heavy atom. The van der Waals surface area contributed by atoms with Crippen LogP contribution in [-0.2, 0) is 0 Å². The van der Waals surface area contributed by atoms with E-state index in [4.69, 9.17) is 4.74 Å². The number of rotatable bonds is 1. The van der Waals surface area contributed by atoms with Crippen molar-refractivity contribution in [3.05, 3.63) is 29.8 Å². The van der Waals surface area contributed by atoms with Gasteiger partial charge in [0.05, 0.1) is 7.11 Å². The Balaban J connectivity index is 0.000000810. The fraction of sp³-hybridized carbons (Fsp3) is 0.250. The van der Waals surface area contributed by atoms with Gasteiger partial charge >= 0.3 is 0 Å². The summed E-state index contributed by atoms with van der Waals surface area (Å²) in [6.45, 7) is 2.06. The minimum Gasteiger partial charge on any atom is -0.497 e. The molecule has 0 N–H and O–H groups in total. The molecule has 0 aromatic heterocycles. The molecule has 56 valence electrons. The average molecular weight is 142 g/mol. The van der Waals surface area contributed by atoms with Gasteiger partial charge in [0.25, 0.3) is 0 Å². The highest BCUT2D eigenvalue weighted by Crippen LogP contribution is 2.09. The summed E-state index contributed by atoms with van der Waals surface area (Å²) in [6, 6.07) is 7.96. The Bertz CT molecular complexity index is 181. The lowest BCUT2D eigenvalue weighted by atomic mass is 10.2. The third kappa shape index (κ3) is 2.05. The maximum atomic E-state index is 4.97. The third-order valence-electron chi connectivity index (χ3n) is 1.26. The summed E-state index contributed by atoms with van der Waals surface area (Å²) in [4.78, 5) is 0. The summed E-state index contributed by atoms with van der Waals surface area (Å²) >= 11 is 0. The minimum absolute atomic E-state index is 0. The predicted octanol–water partition coefficient (Wildman–Crippen LogP) is 2.16. The molecule has 0 saturated carbocycles. The Morgan fingerprint density at radius 1 is 1.10 bits per heavy atom. The van der Waals surface area contributed by atoms with Gasteiger partial charge in [0.1, 0.15) is 5.75 Å². The molecule has 0 atom stereocenters. The zero-order valence-corrected chi connectivity index (χ0v) is 6.13. The summed E-state index contributed by atoms with van der Waals surface area (Å²) < 4.78 is 4.97. The molecule has 0 aliphatic carbocycles. The molecule has 0 aliphatic rings. The van der Waals surface area contributed by atoms with Crippen molar-refractivity contribution >= 4 is 0 Å². The van der Waals surface area contributed by atoms with Gasteiger partial charge in [-0.1, -0.05) is 17.7 Å². The highest BCUT2D eigenvalue weighted by Gasteiger charge is 1.85. The van der Waals surface area contributed by atoms with Crippen molar-refractivity contribution in [3.8, 4) is 5.75 Å². The number of hydrogen-bond donors (Lipinski definition) is 0. The summed E-state index contributed by atoms with van der Waals surface area (Å²) in [5, 5.41) is 0. The normalized spacial score (nSPS) is 8.20. The molecule has 0 amide bonds. The molecule has 0 bridgehead atoms. The van der Waals surface area contributed by atoms with Crippen LogP contribution in [0.3, 0.4) is 0 Å². The Morgan fingerprint density at radius 2 is 1.60 bits per heavy atom. The van der Waals surface area contributed by atoms with Gasteiger partial charge in [-0.25, -0.2) is 0 Å². The Labute approximate surface area is 60.0 Å². The van der Waals surface area contributed by atoms with Gasteiger partial charge in [0.15, 0.2) is 0 Å². The second-order valence-corrected chi connectivity index (χ2v) is 2.02. The zero-order chi connectivity index (χ0) is 6.69. The molecule has 1 aromatic rings. The second kappa shape index (κ2) is 3.88. The monoisotopic (exact) mass is 142 g/mol.